The average Bonchev–Trinajstić information content (AvgIpc) is 2.73. The second kappa shape index (κ2) is 8.80. The molecule has 3 aromatic carbocycles. The molecule has 14 heteroatoms. The Kier molecular flexibility index (Phi) is 6.75. The molecule has 0 aliphatic carbocycles. The van der Waals surface area contributed by atoms with E-state index in [2.05, 4.69) is 0 Å². The minimum absolute atomic E-state index is 0.0508. The topological polar surface area (TPSA) is 160 Å². The molecule has 0 atom stereocenters. The van der Waals surface area contributed by atoms with Gasteiger partial charge in [0.1, 0.15) is 4.90 Å². The summed E-state index contributed by atoms with van der Waals surface area (Å²) in [6, 6.07) is 10.2. The Bertz CT molecular complexity index is 1590. The fourth-order valence-corrected chi connectivity index (χ4v) is 6.33. The van der Waals surface area contributed by atoms with Crippen molar-refractivity contribution in [2.75, 3.05) is 0 Å². The van der Waals surface area contributed by atoms with Crippen molar-refractivity contribution in [3.05, 3.63) is 81.8 Å². The molecule has 0 fully saturated rings. The van der Waals surface area contributed by atoms with Crippen LogP contribution < -0.4 is 0 Å². The summed E-state index contributed by atoms with van der Waals surface area (Å²) in [6.07, 6.45) is 0. The van der Waals surface area contributed by atoms with Crippen molar-refractivity contribution in [3.63, 3.8) is 0 Å². The number of rotatable bonds is 6. The fourth-order valence-electron chi connectivity index (χ4n) is 2.81. The first-order valence-corrected chi connectivity index (χ1v) is 13.7. The number of benzene rings is 3. The molecule has 0 saturated carbocycles. The lowest BCUT2D eigenvalue weighted by Crippen LogP contribution is -2.12. The number of halogens is 2. The Morgan fingerprint density at radius 1 is 0.667 bits per heavy atom. The first kappa shape index (κ1) is 25.3. The van der Waals surface area contributed by atoms with Crippen LogP contribution in [0, 0.1) is 0 Å². The van der Waals surface area contributed by atoms with E-state index in [0.29, 0.717) is 18.2 Å². The van der Waals surface area contributed by atoms with Gasteiger partial charge in [0.15, 0.2) is 5.78 Å². The maximum atomic E-state index is 13.0. The van der Waals surface area contributed by atoms with Gasteiger partial charge in [-0.2, -0.15) is 16.8 Å². The molecule has 0 radical (unpaired) electrons. The molecule has 9 nitrogen and oxygen atoms in total. The van der Waals surface area contributed by atoms with Gasteiger partial charge < -0.3 is 0 Å². The van der Waals surface area contributed by atoms with Gasteiger partial charge in [0.05, 0.1) is 19.7 Å². The van der Waals surface area contributed by atoms with Crippen molar-refractivity contribution in [1.82, 2.24) is 0 Å². The summed E-state index contributed by atoms with van der Waals surface area (Å²) >= 11 is 11.9. The zero-order valence-corrected chi connectivity index (χ0v) is 20.0. The minimum atomic E-state index is -5.21. The van der Waals surface area contributed by atoms with Crippen molar-refractivity contribution in [2.45, 2.75) is 19.6 Å². The Morgan fingerprint density at radius 2 is 1.24 bits per heavy atom. The van der Waals surface area contributed by atoms with Crippen LogP contribution in [-0.2, 0) is 30.1 Å². The van der Waals surface area contributed by atoms with Crippen molar-refractivity contribution in [3.8, 4) is 0 Å². The first-order chi connectivity index (χ1) is 15.1. The van der Waals surface area contributed by atoms with E-state index < -0.39 is 55.4 Å². The third-order valence-electron chi connectivity index (χ3n) is 4.38. The van der Waals surface area contributed by atoms with Crippen molar-refractivity contribution in [1.29, 1.82) is 0 Å². The summed E-state index contributed by atoms with van der Waals surface area (Å²) in [7, 11) is -14.7. The van der Waals surface area contributed by atoms with Crippen molar-refractivity contribution >= 4 is 59.1 Å². The van der Waals surface area contributed by atoms with Gasteiger partial charge in [0, 0.05) is 16.1 Å². The number of sulfone groups is 1. The SMILES string of the molecule is O=C(c1ccc(S(=O)(=O)c2ccc(S(=O)(=O)O)cc2S(=O)(=O)O)cc1)c1cc(Cl)ccc1Cl. The number of hydrogen-bond donors (Lipinski definition) is 2. The van der Waals surface area contributed by atoms with Gasteiger partial charge >= 0.3 is 0 Å². The summed E-state index contributed by atoms with van der Waals surface area (Å²) < 4.78 is 90.5. The van der Waals surface area contributed by atoms with Crippen LogP contribution in [-0.4, -0.2) is 40.1 Å². The van der Waals surface area contributed by atoms with Gasteiger partial charge in [0.2, 0.25) is 9.84 Å². The van der Waals surface area contributed by atoms with E-state index in [1.807, 2.05) is 0 Å². The van der Waals surface area contributed by atoms with Crippen LogP contribution in [0.25, 0.3) is 0 Å². The van der Waals surface area contributed by atoms with E-state index in [-0.39, 0.29) is 21.2 Å². The molecule has 3 aromatic rings. The highest BCUT2D eigenvalue weighted by molar-refractivity contribution is 7.93. The van der Waals surface area contributed by atoms with E-state index in [1.165, 1.54) is 18.2 Å². The van der Waals surface area contributed by atoms with E-state index >= 15 is 0 Å². The van der Waals surface area contributed by atoms with Gasteiger partial charge in [-0.15, -0.1) is 0 Å². The molecular formula is C19H12Cl2O9S3. The second-order valence-corrected chi connectivity index (χ2v) is 12.1. The molecule has 0 aliphatic heterocycles. The zero-order valence-electron chi connectivity index (χ0n) is 16.0. The van der Waals surface area contributed by atoms with E-state index in [4.69, 9.17) is 27.8 Å². The quantitative estimate of drug-likeness (QED) is 0.345. The number of hydrogen-bond acceptors (Lipinski definition) is 7. The van der Waals surface area contributed by atoms with Gasteiger partial charge in [-0.3, -0.25) is 13.9 Å². The molecule has 174 valence electrons. The molecule has 0 spiro atoms. The van der Waals surface area contributed by atoms with Gasteiger partial charge in [-0.1, -0.05) is 23.2 Å². The molecule has 0 aliphatic rings. The highest BCUT2D eigenvalue weighted by Crippen LogP contribution is 2.30. The molecule has 0 saturated heterocycles. The first-order valence-electron chi connectivity index (χ1n) is 8.56. The lowest BCUT2D eigenvalue weighted by molar-refractivity contribution is 0.103. The second-order valence-electron chi connectivity index (χ2n) is 6.54. The third-order valence-corrected chi connectivity index (χ3v) is 8.65. The van der Waals surface area contributed by atoms with Crippen LogP contribution in [0.3, 0.4) is 0 Å². The molecule has 0 bridgehead atoms. The summed E-state index contributed by atoms with van der Waals surface area (Å²) in [5.74, 6) is -0.553. The smallest absolute Gasteiger partial charge is 0.289 e. The van der Waals surface area contributed by atoms with Crippen LogP contribution in [0.4, 0.5) is 0 Å². The van der Waals surface area contributed by atoms with Crippen LogP contribution in [0.15, 0.2) is 80.2 Å². The Balaban J connectivity index is 2.09. The molecule has 3 rings (SSSR count). The van der Waals surface area contributed by atoms with Crippen LogP contribution in [0.1, 0.15) is 15.9 Å². The highest BCUT2D eigenvalue weighted by Gasteiger charge is 2.29. The Morgan fingerprint density at radius 3 is 1.79 bits per heavy atom. The standard InChI is InChI=1S/C19H12Cl2O9S3/c20-12-3-7-16(21)15(9-12)19(22)11-1-4-13(5-2-11)31(23,24)17-8-6-14(32(25,26)27)10-18(17)33(28,29)30/h1-10H,(H,25,26,27)(H,28,29,30). The van der Waals surface area contributed by atoms with E-state index in [1.54, 1.807) is 0 Å². The summed E-state index contributed by atoms with van der Waals surface area (Å²) in [6.45, 7) is 0. The summed E-state index contributed by atoms with van der Waals surface area (Å²) in [5.41, 5.74) is 0.129. The van der Waals surface area contributed by atoms with E-state index in [0.717, 1.165) is 24.3 Å². The maximum absolute atomic E-state index is 13.0. The molecule has 0 unspecified atom stereocenters. The monoisotopic (exact) mass is 550 g/mol. The summed E-state index contributed by atoms with van der Waals surface area (Å²) in [4.78, 5) is 9.11. The van der Waals surface area contributed by atoms with Crippen LogP contribution in [0.2, 0.25) is 10.0 Å². The predicted octanol–water partition coefficient (Wildman–Crippen LogP) is 3.55. The zero-order chi connectivity index (χ0) is 24.8. The Labute approximate surface area is 199 Å². The van der Waals surface area contributed by atoms with Crippen LogP contribution >= 0.6 is 23.2 Å². The van der Waals surface area contributed by atoms with Gasteiger partial charge in [-0.05, 0) is 60.7 Å². The Hall–Kier alpha value is -2.32. The predicted molar refractivity (Wildman–Crippen MR) is 118 cm³/mol. The van der Waals surface area contributed by atoms with Crippen molar-refractivity contribution in [2.24, 2.45) is 0 Å². The molecule has 0 heterocycles. The minimum Gasteiger partial charge on any atom is -0.289 e. The molecule has 0 amide bonds. The number of carbonyl (C=O) groups is 1. The van der Waals surface area contributed by atoms with Crippen LogP contribution in [0.5, 0.6) is 0 Å². The average molecular weight is 551 g/mol. The maximum Gasteiger partial charge on any atom is 0.295 e. The van der Waals surface area contributed by atoms with Gasteiger partial charge in [0.25, 0.3) is 20.2 Å². The lowest BCUT2D eigenvalue weighted by atomic mass is 10.0. The summed E-state index contributed by atoms with van der Waals surface area (Å²) in [5, 5.41) is 0.380. The fraction of sp³-hybridized carbons (Fsp3) is 0. The highest BCUT2D eigenvalue weighted by atomic mass is 35.5. The van der Waals surface area contributed by atoms with E-state index in [9.17, 15) is 34.6 Å². The lowest BCUT2D eigenvalue weighted by Gasteiger charge is -2.11. The number of carbonyl (C=O) groups excluding carboxylic acids is 1. The molecule has 33 heavy (non-hydrogen) atoms. The van der Waals surface area contributed by atoms with Crippen molar-refractivity contribution < 1.29 is 39.2 Å². The normalized spacial score (nSPS) is 12.5. The molecule has 0 aromatic heterocycles. The molecule has 2 N–H and O–H groups in total. The number of ketones is 1. The molecular weight excluding hydrogens is 539 g/mol. The largest absolute Gasteiger partial charge is 0.295 e. The third kappa shape index (κ3) is 5.27. The van der Waals surface area contributed by atoms with Gasteiger partial charge in [-0.25, -0.2) is 8.42 Å².